The van der Waals surface area contributed by atoms with Crippen LogP contribution in [0.3, 0.4) is 0 Å². The van der Waals surface area contributed by atoms with Crippen LogP contribution in [-0.2, 0) is 12.3 Å². The molecule has 0 radical (unpaired) electrons. The molecule has 1 fully saturated rings. The van der Waals surface area contributed by atoms with Gasteiger partial charge in [-0.05, 0) is 38.3 Å². The van der Waals surface area contributed by atoms with Crippen molar-refractivity contribution in [1.82, 2.24) is 0 Å². The van der Waals surface area contributed by atoms with Crippen molar-refractivity contribution in [2.45, 2.75) is 52.1 Å². The van der Waals surface area contributed by atoms with E-state index >= 15 is 0 Å². The largest absolute Gasteiger partial charge is 0.416 e. The van der Waals surface area contributed by atoms with Gasteiger partial charge in [0.15, 0.2) is 0 Å². The van der Waals surface area contributed by atoms with Crippen molar-refractivity contribution in [2.75, 3.05) is 0 Å². The Bertz CT molecular complexity index is 212. The summed E-state index contributed by atoms with van der Waals surface area (Å²) in [6.45, 7) is 15.0. The van der Waals surface area contributed by atoms with Crippen molar-refractivity contribution >= 4 is 25.7 Å². The van der Waals surface area contributed by atoms with Gasteiger partial charge in [0.2, 0.25) is 0 Å². The first-order valence-electron chi connectivity index (χ1n) is 5.17. The van der Waals surface area contributed by atoms with E-state index in [4.69, 9.17) is 12.3 Å². The van der Waals surface area contributed by atoms with E-state index in [1.54, 1.807) is 0 Å². The van der Waals surface area contributed by atoms with Crippen molar-refractivity contribution in [3.8, 4) is 0 Å². The molecule has 84 valence electrons. The number of rotatable bonds is 1. The van der Waals surface area contributed by atoms with Gasteiger partial charge in [-0.25, -0.2) is 0 Å². The van der Waals surface area contributed by atoms with Crippen LogP contribution in [0.25, 0.3) is 0 Å². The third kappa shape index (κ3) is 2.77. The van der Waals surface area contributed by atoms with Gasteiger partial charge in [0.25, 0.3) is 0 Å². The molecule has 0 N–H and O–H groups in total. The van der Waals surface area contributed by atoms with Gasteiger partial charge in [-0.15, -0.1) is 0 Å². The van der Waals surface area contributed by atoms with Gasteiger partial charge in [0, 0.05) is 0 Å². The van der Waals surface area contributed by atoms with E-state index in [9.17, 15) is 0 Å². The lowest BCUT2D eigenvalue weighted by molar-refractivity contribution is 0.226. The third-order valence-electron chi connectivity index (χ3n) is 2.44. The molecule has 1 aliphatic heterocycles. The molecule has 0 aromatic rings. The second kappa shape index (κ2) is 3.53. The predicted molar refractivity (Wildman–Crippen MR) is 64.9 cm³/mol. The molecule has 0 saturated carbocycles. The molecule has 0 atom stereocenters. The van der Waals surface area contributed by atoms with Crippen LogP contribution >= 0.6 is 0 Å². The third-order valence-corrected chi connectivity index (χ3v) is 15.6. The first-order valence-corrected chi connectivity index (χ1v) is 13.2. The lowest BCUT2D eigenvalue weighted by atomic mass is 10.6. The van der Waals surface area contributed by atoms with E-state index in [2.05, 4.69) is 46.6 Å². The highest BCUT2D eigenvalue weighted by molar-refractivity contribution is 6.93. The van der Waals surface area contributed by atoms with Gasteiger partial charge in [-0.1, -0.05) is 13.8 Å². The lowest BCUT2D eigenvalue weighted by Crippen LogP contribution is -2.66. The maximum Gasteiger partial charge on any atom is 0.320 e. The maximum atomic E-state index is 6.13. The fourth-order valence-corrected chi connectivity index (χ4v) is 17.9. The Hall–Kier alpha value is 0.531. The second-order valence-electron chi connectivity index (χ2n) is 5.28. The predicted octanol–water partition coefficient (Wildman–Crippen LogP) is 2.94. The highest BCUT2D eigenvalue weighted by Crippen LogP contribution is 2.36. The van der Waals surface area contributed by atoms with Crippen molar-refractivity contribution in [1.29, 1.82) is 0 Å². The zero-order valence-corrected chi connectivity index (χ0v) is 13.3. The first kappa shape index (κ1) is 12.6. The summed E-state index contributed by atoms with van der Waals surface area (Å²) in [5, 5.41) is 0. The number of hydrogen-bond donors (Lipinski definition) is 0. The molecule has 6 heteroatoms. The van der Waals surface area contributed by atoms with Gasteiger partial charge >= 0.3 is 25.7 Å². The molecular formula is C8H22O3Si3. The van der Waals surface area contributed by atoms with Crippen LogP contribution in [0.1, 0.15) is 13.8 Å². The van der Waals surface area contributed by atoms with E-state index in [0.29, 0.717) is 5.54 Å². The SMILES string of the molecule is CC(C)[Si]1(C)O[Si](C)(C)O[Si](C)(C)O1. The van der Waals surface area contributed by atoms with Crippen LogP contribution < -0.4 is 0 Å². The van der Waals surface area contributed by atoms with E-state index in [0.717, 1.165) is 0 Å². The van der Waals surface area contributed by atoms with Gasteiger partial charge in [-0.2, -0.15) is 0 Å². The molecule has 1 saturated heterocycles. The average Bonchev–Trinajstić information content (AvgIpc) is 1.76. The zero-order valence-electron chi connectivity index (χ0n) is 10.3. The Morgan fingerprint density at radius 3 is 1.36 bits per heavy atom. The highest BCUT2D eigenvalue weighted by atomic mass is 28.5. The quantitative estimate of drug-likeness (QED) is 0.670. The summed E-state index contributed by atoms with van der Waals surface area (Å²) in [5.74, 6) is 0. The molecule has 0 aromatic carbocycles. The van der Waals surface area contributed by atoms with Gasteiger partial charge in [-0.3, -0.25) is 0 Å². The Morgan fingerprint density at radius 2 is 1.07 bits per heavy atom. The van der Waals surface area contributed by atoms with E-state index in [1.165, 1.54) is 0 Å². The summed E-state index contributed by atoms with van der Waals surface area (Å²) in [5.41, 5.74) is 0.491. The lowest BCUT2D eigenvalue weighted by Gasteiger charge is -2.49. The summed E-state index contributed by atoms with van der Waals surface area (Å²) >= 11 is 0. The van der Waals surface area contributed by atoms with Crippen LogP contribution in [0.4, 0.5) is 0 Å². The minimum atomic E-state index is -1.99. The molecular weight excluding hydrogens is 228 g/mol. The first-order chi connectivity index (χ1) is 6.06. The summed E-state index contributed by atoms with van der Waals surface area (Å²) in [6, 6.07) is 0. The van der Waals surface area contributed by atoms with Gasteiger partial charge in [0.05, 0.1) is 0 Å². The van der Waals surface area contributed by atoms with Crippen molar-refractivity contribution < 1.29 is 12.3 Å². The monoisotopic (exact) mass is 250 g/mol. The summed E-state index contributed by atoms with van der Waals surface area (Å²) in [6.07, 6.45) is 0. The maximum absolute atomic E-state index is 6.13. The van der Waals surface area contributed by atoms with Gasteiger partial charge < -0.3 is 12.3 Å². The second-order valence-corrected chi connectivity index (χ2v) is 16.5. The van der Waals surface area contributed by atoms with E-state index in [1.807, 2.05) is 0 Å². The Morgan fingerprint density at radius 1 is 0.714 bits per heavy atom. The molecule has 1 heterocycles. The molecule has 0 aromatic heterocycles. The van der Waals surface area contributed by atoms with E-state index < -0.39 is 25.7 Å². The van der Waals surface area contributed by atoms with Crippen LogP contribution in [0.5, 0.6) is 0 Å². The van der Waals surface area contributed by atoms with Crippen LogP contribution in [-0.4, -0.2) is 25.7 Å². The minimum absolute atomic E-state index is 0.491. The average molecular weight is 251 g/mol. The molecule has 0 bridgehead atoms. The number of hydrogen-bond acceptors (Lipinski definition) is 3. The normalized spacial score (nSPS) is 29.1. The molecule has 14 heavy (non-hydrogen) atoms. The molecule has 0 amide bonds. The van der Waals surface area contributed by atoms with Crippen molar-refractivity contribution in [3.63, 3.8) is 0 Å². The van der Waals surface area contributed by atoms with Crippen LogP contribution in [0, 0.1) is 0 Å². The smallest absolute Gasteiger partial charge is 0.320 e. The minimum Gasteiger partial charge on any atom is -0.416 e. The summed E-state index contributed by atoms with van der Waals surface area (Å²) < 4.78 is 18.2. The van der Waals surface area contributed by atoms with E-state index in [-0.39, 0.29) is 0 Å². The Balaban J connectivity index is 2.92. The van der Waals surface area contributed by atoms with Crippen molar-refractivity contribution in [3.05, 3.63) is 0 Å². The topological polar surface area (TPSA) is 27.7 Å². The van der Waals surface area contributed by atoms with Gasteiger partial charge in [0.1, 0.15) is 0 Å². The molecule has 0 unspecified atom stereocenters. The molecule has 0 spiro atoms. The molecule has 1 aliphatic rings. The van der Waals surface area contributed by atoms with Crippen LogP contribution in [0.2, 0.25) is 38.3 Å². The summed E-state index contributed by atoms with van der Waals surface area (Å²) in [7, 11) is -5.84. The molecule has 1 rings (SSSR count). The summed E-state index contributed by atoms with van der Waals surface area (Å²) in [4.78, 5) is 0. The van der Waals surface area contributed by atoms with Crippen molar-refractivity contribution in [2.24, 2.45) is 0 Å². The standard InChI is InChI=1S/C8H22O3Si3/c1-8(2)14(7)10-12(3,4)9-13(5,6)11-14/h8H,1-7H3. The zero-order chi connectivity index (χ0) is 11.2. The van der Waals surface area contributed by atoms with Crippen LogP contribution in [0.15, 0.2) is 0 Å². The Kier molecular flexibility index (Phi) is 3.18. The fraction of sp³-hybridized carbons (Fsp3) is 1.00. The highest BCUT2D eigenvalue weighted by Gasteiger charge is 2.53. The molecule has 0 aliphatic carbocycles. The Labute approximate surface area is 90.5 Å². The fourth-order valence-electron chi connectivity index (χ4n) is 1.87. The molecule has 3 nitrogen and oxygen atoms in total.